The second-order valence-electron chi connectivity index (χ2n) is 3.45. The number of hydrogen-bond donors (Lipinski definition) is 1. The molecule has 0 saturated carbocycles. The quantitative estimate of drug-likeness (QED) is 0.598. The molecule has 0 spiro atoms. The van der Waals surface area contributed by atoms with Crippen LogP contribution in [0, 0.1) is 13.8 Å². The summed E-state index contributed by atoms with van der Waals surface area (Å²) < 4.78 is 0. The third-order valence-corrected chi connectivity index (χ3v) is 2.42. The SMILES string of the molecule is Cc1cc(C=CCCCl)cc(C)c1N. The molecule has 0 aliphatic rings. The largest absolute Gasteiger partial charge is 0.398 e. The smallest absolute Gasteiger partial charge is 0.0373 e. The number of nitrogen functional groups attached to an aromatic ring is 1. The van der Waals surface area contributed by atoms with Crippen LogP contribution in [-0.2, 0) is 0 Å². The van der Waals surface area contributed by atoms with Crippen LogP contribution in [0.15, 0.2) is 18.2 Å². The molecule has 0 aromatic heterocycles. The van der Waals surface area contributed by atoms with E-state index in [9.17, 15) is 0 Å². The lowest BCUT2D eigenvalue weighted by atomic mass is 10.0. The average Bonchev–Trinajstić information content (AvgIpc) is 2.14. The molecular formula is C12H16ClN. The Kier molecular flexibility index (Phi) is 4.02. The van der Waals surface area contributed by atoms with Gasteiger partial charge in [-0.15, -0.1) is 11.6 Å². The van der Waals surface area contributed by atoms with Crippen molar-refractivity contribution in [3.8, 4) is 0 Å². The Morgan fingerprint density at radius 1 is 1.29 bits per heavy atom. The molecule has 0 heterocycles. The number of aryl methyl sites for hydroxylation is 2. The standard InChI is InChI=1S/C12H16ClN/c1-9-7-11(5-3-4-6-13)8-10(2)12(9)14/h3,5,7-8H,4,6,14H2,1-2H3. The molecule has 1 aromatic carbocycles. The first kappa shape index (κ1) is 11.1. The van der Waals surface area contributed by atoms with Crippen molar-refractivity contribution in [2.45, 2.75) is 20.3 Å². The Hall–Kier alpha value is -0.950. The molecule has 0 fully saturated rings. The molecule has 1 aromatic rings. The van der Waals surface area contributed by atoms with E-state index in [1.165, 1.54) is 5.56 Å². The van der Waals surface area contributed by atoms with Gasteiger partial charge < -0.3 is 5.73 Å². The molecule has 0 unspecified atom stereocenters. The number of allylic oxidation sites excluding steroid dienone is 1. The topological polar surface area (TPSA) is 26.0 Å². The number of alkyl halides is 1. The third-order valence-electron chi connectivity index (χ3n) is 2.20. The van der Waals surface area contributed by atoms with Crippen molar-refractivity contribution in [2.75, 3.05) is 11.6 Å². The minimum Gasteiger partial charge on any atom is -0.398 e. The van der Waals surface area contributed by atoms with Crippen molar-refractivity contribution in [2.24, 2.45) is 0 Å². The van der Waals surface area contributed by atoms with E-state index < -0.39 is 0 Å². The van der Waals surface area contributed by atoms with Gasteiger partial charge in [-0.05, 0) is 49.1 Å². The molecule has 76 valence electrons. The van der Waals surface area contributed by atoms with Gasteiger partial charge in [0.05, 0.1) is 0 Å². The molecule has 0 atom stereocenters. The average molecular weight is 210 g/mol. The number of benzene rings is 1. The van der Waals surface area contributed by atoms with Crippen molar-refractivity contribution in [3.63, 3.8) is 0 Å². The van der Waals surface area contributed by atoms with Crippen molar-refractivity contribution < 1.29 is 0 Å². The maximum atomic E-state index is 5.86. The fraction of sp³-hybridized carbons (Fsp3) is 0.333. The van der Waals surface area contributed by atoms with E-state index >= 15 is 0 Å². The van der Waals surface area contributed by atoms with Crippen molar-refractivity contribution >= 4 is 23.4 Å². The van der Waals surface area contributed by atoms with E-state index in [0.29, 0.717) is 5.88 Å². The van der Waals surface area contributed by atoms with Crippen LogP contribution in [-0.4, -0.2) is 5.88 Å². The lowest BCUT2D eigenvalue weighted by Crippen LogP contribution is -1.93. The normalized spacial score (nSPS) is 11.1. The van der Waals surface area contributed by atoms with E-state index in [1.807, 2.05) is 13.8 Å². The Morgan fingerprint density at radius 3 is 2.36 bits per heavy atom. The Balaban J connectivity index is 2.89. The van der Waals surface area contributed by atoms with Crippen LogP contribution in [0.2, 0.25) is 0 Å². The highest BCUT2D eigenvalue weighted by Crippen LogP contribution is 2.19. The Labute approximate surface area is 90.6 Å². The summed E-state index contributed by atoms with van der Waals surface area (Å²) in [4.78, 5) is 0. The van der Waals surface area contributed by atoms with Crippen LogP contribution in [0.25, 0.3) is 6.08 Å². The summed E-state index contributed by atoms with van der Waals surface area (Å²) >= 11 is 5.58. The second kappa shape index (κ2) is 5.06. The summed E-state index contributed by atoms with van der Waals surface area (Å²) in [5.74, 6) is 0.670. The highest BCUT2D eigenvalue weighted by atomic mass is 35.5. The Bertz CT molecular complexity index is 319. The monoisotopic (exact) mass is 209 g/mol. The molecule has 0 aliphatic carbocycles. The Morgan fingerprint density at radius 2 is 1.86 bits per heavy atom. The fourth-order valence-corrected chi connectivity index (χ4v) is 1.51. The summed E-state index contributed by atoms with van der Waals surface area (Å²) in [6.07, 6.45) is 5.07. The van der Waals surface area contributed by atoms with Gasteiger partial charge in [-0.25, -0.2) is 0 Å². The maximum absolute atomic E-state index is 5.86. The van der Waals surface area contributed by atoms with Crippen LogP contribution < -0.4 is 5.73 Å². The molecule has 2 heteroatoms. The summed E-state index contributed by atoms with van der Waals surface area (Å²) in [5, 5.41) is 0. The molecule has 0 aliphatic heterocycles. The van der Waals surface area contributed by atoms with E-state index in [1.54, 1.807) is 0 Å². The molecule has 0 radical (unpaired) electrons. The molecular weight excluding hydrogens is 194 g/mol. The summed E-state index contributed by atoms with van der Waals surface area (Å²) in [6.45, 7) is 4.06. The minimum absolute atomic E-state index is 0.670. The predicted molar refractivity (Wildman–Crippen MR) is 64.7 cm³/mol. The van der Waals surface area contributed by atoms with Gasteiger partial charge in [0.2, 0.25) is 0 Å². The van der Waals surface area contributed by atoms with Crippen molar-refractivity contribution in [1.29, 1.82) is 0 Å². The summed E-state index contributed by atoms with van der Waals surface area (Å²) in [5.41, 5.74) is 10.2. The lowest BCUT2D eigenvalue weighted by molar-refractivity contribution is 1.24. The fourth-order valence-electron chi connectivity index (χ4n) is 1.39. The predicted octanol–water partition coefficient (Wildman–Crippen LogP) is 3.53. The lowest BCUT2D eigenvalue weighted by Gasteiger charge is -2.05. The second-order valence-corrected chi connectivity index (χ2v) is 3.83. The number of nitrogens with two attached hydrogens (primary N) is 1. The highest BCUT2D eigenvalue weighted by Gasteiger charge is 1.98. The van der Waals surface area contributed by atoms with Gasteiger partial charge >= 0.3 is 0 Å². The van der Waals surface area contributed by atoms with Gasteiger partial charge in [0.25, 0.3) is 0 Å². The van der Waals surface area contributed by atoms with E-state index in [0.717, 1.165) is 23.2 Å². The van der Waals surface area contributed by atoms with E-state index in [4.69, 9.17) is 17.3 Å². The molecule has 0 amide bonds. The third kappa shape index (κ3) is 2.78. The molecule has 0 saturated heterocycles. The van der Waals surface area contributed by atoms with Gasteiger partial charge in [-0.1, -0.05) is 12.2 Å². The minimum atomic E-state index is 0.670. The highest BCUT2D eigenvalue weighted by molar-refractivity contribution is 6.17. The van der Waals surface area contributed by atoms with Gasteiger partial charge in [0, 0.05) is 11.6 Å². The first-order valence-corrected chi connectivity index (χ1v) is 5.28. The van der Waals surface area contributed by atoms with Crippen LogP contribution in [0.1, 0.15) is 23.1 Å². The van der Waals surface area contributed by atoms with Crippen LogP contribution in [0.3, 0.4) is 0 Å². The first-order valence-electron chi connectivity index (χ1n) is 4.74. The van der Waals surface area contributed by atoms with Crippen molar-refractivity contribution in [1.82, 2.24) is 0 Å². The van der Waals surface area contributed by atoms with Crippen LogP contribution >= 0.6 is 11.6 Å². The molecule has 1 rings (SSSR count). The first-order chi connectivity index (χ1) is 6.65. The number of hydrogen-bond acceptors (Lipinski definition) is 1. The van der Waals surface area contributed by atoms with E-state index in [2.05, 4.69) is 24.3 Å². The summed E-state index contributed by atoms with van der Waals surface area (Å²) in [6, 6.07) is 4.18. The van der Waals surface area contributed by atoms with Crippen LogP contribution in [0.4, 0.5) is 5.69 Å². The molecule has 0 bridgehead atoms. The number of anilines is 1. The van der Waals surface area contributed by atoms with E-state index in [-0.39, 0.29) is 0 Å². The zero-order chi connectivity index (χ0) is 10.6. The van der Waals surface area contributed by atoms with Gasteiger partial charge in [0.15, 0.2) is 0 Å². The zero-order valence-electron chi connectivity index (χ0n) is 8.68. The molecule has 2 N–H and O–H groups in total. The number of halogens is 1. The van der Waals surface area contributed by atoms with Crippen LogP contribution in [0.5, 0.6) is 0 Å². The van der Waals surface area contributed by atoms with Gasteiger partial charge in [-0.2, -0.15) is 0 Å². The summed E-state index contributed by atoms with van der Waals surface area (Å²) in [7, 11) is 0. The maximum Gasteiger partial charge on any atom is 0.0373 e. The number of rotatable bonds is 3. The molecule has 14 heavy (non-hydrogen) atoms. The molecule has 1 nitrogen and oxygen atoms in total. The van der Waals surface area contributed by atoms with Gasteiger partial charge in [-0.3, -0.25) is 0 Å². The zero-order valence-corrected chi connectivity index (χ0v) is 9.43. The van der Waals surface area contributed by atoms with Crippen molar-refractivity contribution in [3.05, 3.63) is 34.9 Å². The van der Waals surface area contributed by atoms with Gasteiger partial charge in [0.1, 0.15) is 0 Å².